The van der Waals surface area contributed by atoms with Crippen LogP contribution in [0, 0.1) is 0 Å². The molecule has 0 saturated heterocycles. The number of halogens is 1. The van der Waals surface area contributed by atoms with Gasteiger partial charge in [0.15, 0.2) is 0 Å². The molecule has 0 saturated carbocycles. The van der Waals surface area contributed by atoms with Crippen molar-refractivity contribution in [2.45, 2.75) is 23.4 Å². The monoisotopic (exact) mass is 380 g/mol. The third-order valence-electron chi connectivity index (χ3n) is 2.72. The number of nitrogens with one attached hydrogen (secondary N) is 1. The van der Waals surface area contributed by atoms with Crippen molar-refractivity contribution in [1.29, 1.82) is 0 Å². The highest BCUT2D eigenvalue weighted by Crippen LogP contribution is 2.33. The van der Waals surface area contributed by atoms with E-state index in [-0.39, 0.29) is 0 Å². The first-order valence-electron chi connectivity index (χ1n) is 6.55. The molecule has 3 heterocycles. The number of hydrogen-bond donors (Lipinski definition) is 1. The molecule has 0 atom stereocenters. The summed E-state index contributed by atoms with van der Waals surface area (Å²) in [7, 11) is 0. The molecule has 4 nitrogen and oxygen atoms in total. The van der Waals surface area contributed by atoms with Crippen molar-refractivity contribution in [2.75, 3.05) is 11.9 Å². The second-order valence-electron chi connectivity index (χ2n) is 4.34. The van der Waals surface area contributed by atoms with E-state index in [1.807, 2.05) is 17.5 Å². The average molecular weight is 381 g/mol. The lowest BCUT2D eigenvalue weighted by atomic mass is 10.4. The molecule has 21 heavy (non-hydrogen) atoms. The van der Waals surface area contributed by atoms with Gasteiger partial charge in [0.2, 0.25) is 5.95 Å². The van der Waals surface area contributed by atoms with E-state index in [0.717, 1.165) is 37.7 Å². The Morgan fingerprint density at radius 2 is 2.19 bits per heavy atom. The fourth-order valence-corrected chi connectivity index (χ4v) is 3.65. The maximum atomic E-state index is 4.62. The van der Waals surface area contributed by atoms with Gasteiger partial charge in [0.25, 0.3) is 0 Å². The Bertz CT molecular complexity index is 742. The molecule has 1 N–H and O–H groups in total. The Morgan fingerprint density at radius 3 is 2.95 bits per heavy atom. The normalized spacial score (nSPS) is 11.0. The summed E-state index contributed by atoms with van der Waals surface area (Å²) >= 11 is 6.59. The third-order valence-corrected chi connectivity index (χ3v) is 4.96. The Balaban J connectivity index is 1.95. The van der Waals surface area contributed by atoms with Gasteiger partial charge in [0.05, 0.1) is 0 Å². The molecular weight excluding hydrogens is 368 g/mol. The minimum atomic E-state index is 0.686. The van der Waals surface area contributed by atoms with E-state index in [4.69, 9.17) is 0 Å². The first-order valence-corrected chi connectivity index (χ1v) is 9.03. The molecule has 0 unspecified atom stereocenters. The number of fused-ring (bicyclic) bond motifs is 1. The number of aromatic nitrogens is 3. The molecule has 3 aromatic heterocycles. The van der Waals surface area contributed by atoms with Crippen LogP contribution in [0.25, 0.3) is 10.2 Å². The zero-order chi connectivity index (χ0) is 14.7. The molecular formula is C14H13BrN4S2. The van der Waals surface area contributed by atoms with Gasteiger partial charge in [-0.2, -0.15) is 0 Å². The van der Waals surface area contributed by atoms with Crippen LogP contribution in [-0.4, -0.2) is 21.5 Å². The zero-order valence-electron chi connectivity index (χ0n) is 11.3. The summed E-state index contributed by atoms with van der Waals surface area (Å²) in [6, 6.07) is 6.02. The van der Waals surface area contributed by atoms with E-state index in [2.05, 4.69) is 49.2 Å². The fourth-order valence-electron chi connectivity index (χ4n) is 1.74. The van der Waals surface area contributed by atoms with Crippen molar-refractivity contribution in [3.05, 3.63) is 34.2 Å². The minimum Gasteiger partial charge on any atom is -0.354 e. The highest BCUT2D eigenvalue weighted by molar-refractivity contribution is 9.10. The average Bonchev–Trinajstić information content (AvgIpc) is 2.96. The van der Waals surface area contributed by atoms with Gasteiger partial charge in [0.1, 0.15) is 14.9 Å². The van der Waals surface area contributed by atoms with Crippen LogP contribution < -0.4 is 5.32 Å². The number of thiophene rings is 1. The molecule has 0 spiro atoms. The van der Waals surface area contributed by atoms with E-state index in [1.54, 1.807) is 29.3 Å². The SMILES string of the molecule is CCCNc1nc(Sc2ccc(Br)cn2)c2ccsc2n1. The molecule has 0 bridgehead atoms. The molecule has 3 rings (SSSR count). The standard InChI is InChI=1S/C14H13BrN4S2/c1-2-6-16-14-18-12-10(5-7-20-12)13(19-14)21-11-4-3-9(15)8-17-11/h3-5,7-8H,2,6H2,1H3,(H,16,18,19). The van der Waals surface area contributed by atoms with Crippen LogP contribution in [0.4, 0.5) is 5.95 Å². The van der Waals surface area contributed by atoms with Gasteiger partial charge in [0, 0.05) is 22.6 Å². The third kappa shape index (κ3) is 3.53. The van der Waals surface area contributed by atoms with E-state index in [9.17, 15) is 0 Å². The first kappa shape index (κ1) is 14.7. The van der Waals surface area contributed by atoms with Gasteiger partial charge >= 0.3 is 0 Å². The second-order valence-corrected chi connectivity index (χ2v) is 7.15. The maximum absolute atomic E-state index is 4.62. The molecule has 0 aliphatic rings. The van der Waals surface area contributed by atoms with Crippen molar-refractivity contribution in [3.8, 4) is 0 Å². The van der Waals surface area contributed by atoms with Crippen molar-refractivity contribution >= 4 is 55.2 Å². The predicted octanol–water partition coefficient (Wildman–Crippen LogP) is 4.82. The largest absolute Gasteiger partial charge is 0.354 e. The quantitative estimate of drug-likeness (QED) is 0.642. The van der Waals surface area contributed by atoms with Gasteiger partial charge in [-0.1, -0.05) is 6.92 Å². The molecule has 3 aromatic rings. The minimum absolute atomic E-state index is 0.686. The van der Waals surface area contributed by atoms with Gasteiger partial charge in [-0.3, -0.25) is 0 Å². The summed E-state index contributed by atoms with van der Waals surface area (Å²) in [5.74, 6) is 0.686. The van der Waals surface area contributed by atoms with Crippen molar-refractivity contribution in [2.24, 2.45) is 0 Å². The van der Waals surface area contributed by atoms with Crippen LogP contribution in [0.3, 0.4) is 0 Å². The first-order chi connectivity index (χ1) is 10.3. The molecule has 0 aromatic carbocycles. The molecule has 0 amide bonds. The second kappa shape index (κ2) is 6.72. The van der Waals surface area contributed by atoms with Crippen molar-refractivity contribution in [3.63, 3.8) is 0 Å². The Hall–Kier alpha value is -1.18. The highest BCUT2D eigenvalue weighted by Gasteiger charge is 2.11. The number of hydrogen-bond acceptors (Lipinski definition) is 6. The van der Waals surface area contributed by atoms with E-state index in [0.29, 0.717) is 5.95 Å². The number of nitrogens with zero attached hydrogens (tertiary/aromatic N) is 3. The van der Waals surface area contributed by atoms with Crippen LogP contribution in [0.5, 0.6) is 0 Å². The van der Waals surface area contributed by atoms with Crippen molar-refractivity contribution < 1.29 is 0 Å². The van der Waals surface area contributed by atoms with Crippen LogP contribution in [0.15, 0.2) is 44.3 Å². The Kier molecular flexibility index (Phi) is 4.72. The lowest BCUT2D eigenvalue weighted by Crippen LogP contribution is -2.04. The molecule has 0 aliphatic carbocycles. The highest BCUT2D eigenvalue weighted by atomic mass is 79.9. The lowest BCUT2D eigenvalue weighted by Gasteiger charge is -2.06. The van der Waals surface area contributed by atoms with Crippen LogP contribution >= 0.6 is 39.0 Å². The Morgan fingerprint density at radius 1 is 1.29 bits per heavy atom. The van der Waals surface area contributed by atoms with E-state index >= 15 is 0 Å². The number of rotatable bonds is 5. The molecule has 0 fully saturated rings. The number of pyridine rings is 1. The smallest absolute Gasteiger partial charge is 0.225 e. The molecule has 7 heteroatoms. The van der Waals surface area contributed by atoms with Gasteiger partial charge in [-0.25, -0.2) is 15.0 Å². The van der Waals surface area contributed by atoms with Gasteiger partial charge in [-0.05, 0) is 57.7 Å². The predicted molar refractivity (Wildman–Crippen MR) is 92.3 cm³/mol. The summed E-state index contributed by atoms with van der Waals surface area (Å²) in [5.41, 5.74) is 0. The number of anilines is 1. The Labute approximate surface area is 139 Å². The van der Waals surface area contributed by atoms with Gasteiger partial charge in [-0.15, -0.1) is 11.3 Å². The van der Waals surface area contributed by atoms with Crippen LogP contribution in [-0.2, 0) is 0 Å². The summed E-state index contributed by atoms with van der Waals surface area (Å²) in [5, 5.41) is 8.24. The maximum Gasteiger partial charge on any atom is 0.225 e. The van der Waals surface area contributed by atoms with Crippen LogP contribution in [0.2, 0.25) is 0 Å². The topological polar surface area (TPSA) is 50.7 Å². The molecule has 0 radical (unpaired) electrons. The zero-order valence-corrected chi connectivity index (χ0v) is 14.6. The van der Waals surface area contributed by atoms with Crippen molar-refractivity contribution in [1.82, 2.24) is 15.0 Å². The van der Waals surface area contributed by atoms with E-state index in [1.165, 1.54) is 0 Å². The summed E-state index contributed by atoms with van der Waals surface area (Å²) < 4.78 is 0.973. The summed E-state index contributed by atoms with van der Waals surface area (Å²) in [4.78, 5) is 14.6. The fraction of sp³-hybridized carbons (Fsp3) is 0.214. The van der Waals surface area contributed by atoms with Crippen LogP contribution in [0.1, 0.15) is 13.3 Å². The molecule has 0 aliphatic heterocycles. The summed E-state index contributed by atoms with van der Waals surface area (Å²) in [6.07, 6.45) is 2.84. The van der Waals surface area contributed by atoms with E-state index < -0.39 is 0 Å². The molecule has 108 valence electrons. The van der Waals surface area contributed by atoms with Gasteiger partial charge < -0.3 is 5.32 Å². The summed E-state index contributed by atoms with van der Waals surface area (Å²) in [6.45, 7) is 3.00. The lowest BCUT2D eigenvalue weighted by molar-refractivity contribution is 0.946.